The monoisotopic (exact) mass is 1110 g/mol. The van der Waals surface area contributed by atoms with Gasteiger partial charge in [0.05, 0.1) is 24.3 Å². The summed E-state index contributed by atoms with van der Waals surface area (Å²) in [5.74, 6) is -8.61. The van der Waals surface area contributed by atoms with Gasteiger partial charge in [-0.05, 0) is 24.3 Å². The summed E-state index contributed by atoms with van der Waals surface area (Å²) in [6.07, 6.45) is -26.6. The highest BCUT2D eigenvalue weighted by Gasteiger charge is 2.60. The number of hydrogen-bond donors (Lipinski definition) is 1. The predicted octanol–water partition coefficient (Wildman–Crippen LogP) is 1.57. The van der Waals surface area contributed by atoms with Gasteiger partial charge in [0.25, 0.3) is 0 Å². The number of aliphatic hydroxyl groups excluding tert-OH is 1. The highest BCUT2D eigenvalue weighted by Crippen LogP contribution is 2.38. The van der Waals surface area contributed by atoms with E-state index in [-0.39, 0.29) is 23.1 Å². The second-order valence-corrected chi connectivity index (χ2v) is 17.3. The fraction of sp³-hybridized carbons (Fsp3) is 0.562. The zero-order valence-corrected chi connectivity index (χ0v) is 42.7. The van der Waals surface area contributed by atoms with E-state index in [9.17, 15) is 48.3 Å². The Bertz CT molecular complexity index is 2260. The maximum Gasteiger partial charge on any atom is 0.338 e. The second-order valence-electron chi connectivity index (χ2n) is 16.5. The lowest BCUT2D eigenvalue weighted by molar-refractivity contribution is -0.379. The van der Waals surface area contributed by atoms with Crippen LogP contribution in [-0.2, 0) is 105 Å². The van der Waals surface area contributed by atoms with Crippen LogP contribution in [0.3, 0.4) is 0 Å². The first-order valence-corrected chi connectivity index (χ1v) is 24.0. The minimum Gasteiger partial charge on any atom is -0.463 e. The number of hydrogen-bond acceptors (Lipinski definition) is 25. The molecule has 5 rings (SSSR count). The molecule has 0 spiro atoms. The summed E-state index contributed by atoms with van der Waals surface area (Å²) in [4.78, 5) is 116. The maximum atomic E-state index is 14.0. The van der Waals surface area contributed by atoms with E-state index >= 15 is 0 Å². The molecule has 1 N–H and O–H groups in total. The van der Waals surface area contributed by atoms with E-state index in [1.807, 2.05) is 0 Å². The van der Waals surface area contributed by atoms with E-state index in [2.05, 4.69) is 15.9 Å². The number of carbonyl (C=O) groups excluding carboxylic acids is 9. The van der Waals surface area contributed by atoms with Crippen molar-refractivity contribution in [2.75, 3.05) is 31.8 Å². The predicted molar refractivity (Wildman–Crippen MR) is 245 cm³/mol. The van der Waals surface area contributed by atoms with E-state index in [0.717, 1.165) is 48.5 Å². The van der Waals surface area contributed by atoms with Gasteiger partial charge in [-0.25, -0.2) is 9.59 Å². The van der Waals surface area contributed by atoms with Crippen LogP contribution in [-0.4, -0.2) is 183 Å². The molecule has 25 nitrogen and oxygen atoms in total. The molecule has 0 saturated carbocycles. The van der Waals surface area contributed by atoms with Gasteiger partial charge in [-0.15, -0.1) is 0 Å². The highest BCUT2D eigenvalue weighted by molar-refractivity contribution is 9.09. The first kappa shape index (κ1) is 58.8. The third kappa shape index (κ3) is 16.4. The van der Waals surface area contributed by atoms with Gasteiger partial charge in [0, 0.05) is 53.8 Å². The highest BCUT2D eigenvalue weighted by atomic mass is 79.9. The first-order valence-electron chi connectivity index (χ1n) is 22.9. The van der Waals surface area contributed by atoms with Gasteiger partial charge in [-0.1, -0.05) is 52.3 Å². The molecule has 0 bridgehead atoms. The van der Waals surface area contributed by atoms with Crippen LogP contribution in [0, 0.1) is 0 Å². The molecule has 3 heterocycles. The van der Waals surface area contributed by atoms with Crippen molar-refractivity contribution in [3.05, 3.63) is 71.8 Å². The largest absolute Gasteiger partial charge is 0.463 e. The fourth-order valence-electron chi connectivity index (χ4n) is 8.01. The molecule has 0 unspecified atom stereocenters. The van der Waals surface area contributed by atoms with Gasteiger partial charge in [0.1, 0.15) is 43.7 Å². The van der Waals surface area contributed by atoms with Crippen molar-refractivity contribution in [1.29, 1.82) is 0 Å². The molecule has 74 heavy (non-hydrogen) atoms. The minimum absolute atomic E-state index is 0.0228. The second kappa shape index (κ2) is 28.0. The number of carbonyl (C=O) groups is 9. The number of alkyl halides is 1. The summed E-state index contributed by atoms with van der Waals surface area (Å²) in [6.45, 7) is 4.60. The number of aliphatic hydroxyl groups is 1. The van der Waals surface area contributed by atoms with Gasteiger partial charge < -0.3 is 76.2 Å². The Morgan fingerprint density at radius 3 is 1.18 bits per heavy atom. The summed E-state index contributed by atoms with van der Waals surface area (Å²) >= 11 is 3.27. The molecule has 0 radical (unpaired) electrons. The molecule has 406 valence electrons. The molecule has 0 aliphatic carbocycles. The zero-order chi connectivity index (χ0) is 54.2. The van der Waals surface area contributed by atoms with Crippen molar-refractivity contribution in [2.45, 2.75) is 141 Å². The summed E-state index contributed by atoms with van der Waals surface area (Å²) in [6, 6.07) is 15.3. The van der Waals surface area contributed by atoms with Crippen molar-refractivity contribution < 1.29 is 119 Å². The third-order valence-corrected chi connectivity index (χ3v) is 11.1. The number of rotatable bonds is 21. The molecular weight excluding hydrogens is 1060 g/mol. The van der Waals surface area contributed by atoms with E-state index in [0.29, 0.717) is 0 Å². The average molecular weight is 1110 g/mol. The summed E-state index contributed by atoms with van der Waals surface area (Å²) in [7, 11) is 0. The van der Waals surface area contributed by atoms with Crippen molar-refractivity contribution >= 4 is 69.7 Å². The van der Waals surface area contributed by atoms with Gasteiger partial charge in [-0.3, -0.25) is 33.6 Å². The summed E-state index contributed by atoms with van der Waals surface area (Å²) in [5.41, 5.74) is 0.0852. The fourth-order valence-corrected chi connectivity index (χ4v) is 8.20. The van der Waals surface area contributed by atoms with E-state index in [1.165, 1.54) is 24.3 Å². The van der Waals surface area contributed by atoms with Crippen LogP contribution in [0.1, 0.15) is 69.2 Å². The summed E-state index contributed by atoms with van der Waals surface area (Å²) < 4.78 is 88.4. The Morgan fingerprint density at radius 1 is 0.432 bits per heavy atom. The van der Waals surface area contributed by atoms with Crippen molar-refractivity contribution in [1.82, 2.24) is 0 Å². The Morgan fingerprint density at radius 2 is 0.770 bits per heavy atom. The van der Waals surface area contributed by atoms with Crippen molar-refractivity contribution in [3.8, 4) is 0 Å². The van der Waals surface area contributed by atoms with Gasteiger partial charge >= 0.3 is 53.7 Å². The molecular formula is C48H57BrO25. The Balaban J connectivity index is 1.66. The van der Waals surface area contributed by atoms with Crippen molar-refractivity contribution in [3.63, 3.8) is 0 Å². The normalized spacial score (nSPS) is 29.5. The van der Waals surface area contributed by atoms with Crippen molar-refractivity contribution in [2.24, 2.45) is 0 Å². The van der Waals surface area contributed by atoms with E-state index < -0.39 is 166 Å². The molecule has 2 aromatic carbocycles. The van der Waals surface area contributed by atoms with E-state index in [4.69, 9.17) is 71.1 Å². The number of benzene rings is 2. The Kier molecular flexibility index (Phi) is 22.2. The molecule has 3 aliphatic rings. The Hall–Kier alpha value is -6.13. The summed E-state index contributed by atoms with van der Waals surface area (Å²) in [5, 5.41) is 11.2. The maximum absolute atomic E-state index is 14.0. The van der Waals surface area contributed by atoms with Crippen LogP contribution in [0.25, 0.3) is 0 Å². The smallest absolute Gasteiger partial charge is 0.338 e. The quantitative estimate of drug-likeness (QED) is 0.105. The van der Waals surface area contributed by atoms with Crippen LogP contribution < -0.4 is 0 Å². The zero-order valence-electron chi connectivity index (χ0n) is 41.1. The lowest BCUT2D eigenvalue weighted by atomic mass is 9.95. The molecule has 3 fully saturated rings. The standard InChI is InChI=1S/C48H57BrO25/c1-23(51)61-21-33-36(63-25(3)53)38(64-26(4)54)42(66-28(6)56)48(69-33)74-37-34(22-62-24(2)52)70-47(43(67-29(7)57)39(37)65-27(5)55)73-35-32(20-50)68-46(60-19-18-49)41(72-45(59)31-16-12-9-13-17-31)40(35)71-44(58)30-14-10-8-11-15-30/h8-17,32-43,46-48,50H,18-22H2,1-7H3/t32-,33-,34-,35-,36+,37+,38+,39+,40+,41-,42-,43-,46-,47+,48-/m1/s1. The topological polar surface area (TPSA) is 312 Å². The van der Waals surface area contributed by atoms with E-state index in [1.54, 1.807) is 36.4 Å². The lowest BCUT2D eigenvalue weighted by Gasteiger charge is -2.50. The minimum atomic E-state index is -2.02. The van der Waals surface area contributed by atoms with Crippen LogP contribution >= 0.6 is 15.9 Å². The third-order valence-electron chi connectivity index (χ3n) is 10.8. The number of halogens is 1. The molecule has 0 amide bonds. The number of esters is 9. The molecule has 15 atom stereocenters. The SMILES string of the molecule is CC(=O)OC[C@H]1O[C@H](O[C@@H]2[C@H](OC(C)=O)[C@@H](OC(C)=O)[C@H](O[C@H]3[C@H](OC(=O)c4ccccc4)[C@@H](OC(=O)c4ccccc4)[C@H](OCCBr)O[C@@H]3CO)O[C@@H]2COC(C)=O)[C@H](OC(C)=O)[C@@H](OC(C)=O)[C@H]1OC(C)=O. The number of ether oxygens (including phenoxy) is 15. The molecule has 3 aliphatic heterocycles. The van der Waals surface area contributed by atoms with Crippen LogP contribution in [0.4, 0.5) is 0 Å². The molecule has 0 aromatic heterocycles. The lowest BCUT2D eigenvalue weighted by Crippen LogP contribution is -2.69. The van der Waals surface area contributed by atoms with Crippen LogP contribution in [0.5, 0.6) is 0 Å². The molecule has 26 heteroatoms. The average Bonchev–Trinajstić information content (AvgIpc) is 3.34. The molecule has 3 saturated heterocycles. The Labute approximate surface area is 431 Å². The van der Waals surface area contributed by atoms with Gasteiger partial charge in [0.2, 0.25) is 0 Å². The first-order chi connectivity index (χ1) is 35.2. The van der Waals surface area contributed by atoms with Crippen LogP contribution in [0.2, 0.25) is 0 Å². The van der Waals surface area contributed by atoms with Gasteiger partial charge in [-0.2, -0.15) is 0 Å². The van der Waals surface area contributed by atoms with Crippen LogP contribution in [0.15, 0.2) is 60.7 Å². The molecule has 2 aromatic rings. The van der Waals surface area contributed by atoms with Gasteiger partial charge in [0.15, 0.2) is 61.6 Å².